The molecule has 0 aliphatic rings. The molecule has 0 spiro atoms. The normalized spacial score (nSPS) is 11.6. The summed E-state index contributed by atoms with van der Waals surface area (Å²) in [5.74, 6) is 0.657. The van der Waals surface area contributed by atoms with Crippen molar-refractivity contribution in [3.8, 4) is 61.7 Å². The first-order chi connectivity index (χ1) is 27.8. The molecule has 0 bridgehead atoms. The van der Waals surface area contributed by atoms with Gasteiger partial charge < -0.3 is 8.98 Å². The first-order valence-corrected chi connectivity index (χ1v) is 18.9. The van der Waals surface area contributed by atoms with Gasteiger partial charge in [0.1, 0.15) is 16.8 Å². The molecule has 0 atom stereocenters. The van der Waals surface area contributed by atoms with Crippen LogP contribution < -0.4 is 0 Å². The summed E-state index contributed by atoms with van der Waals surface area (Å²) in [5.41, 5.74) is 15.1. The molecule has 0 radical (unpaired) electrons. The minimum atomic E-state index is 0.657. The Bertz CT molecular complexity index is 3240. The molecule has 4 heteroatoms. The maximum Gasteiger partial charge on any atom is 0.180 e. The van der Waals surface area contributed by atoms with Gasteiger partial charge >= 0.3 is 0 Å². The number of aromatic nitrogens is 3. The van der Waals surface area contributed by atoms with Crippen LogP contribution in [0.15, 0.2) is 205 Å². The maximum atomic E-state index is 6.78. The maximum absolute atomic E-state index is 6.78. The Balaban J connectivity index is 1.13. The predicted octanol–water partition coefficient (Wildman–Crippen LogP) is 13.8. The lowest BCUT2D eigenvalue weighted by molar-refractivity contribution is 0.667. The second-order valence-corrected chi connectivity index (χ2v) is 14.1. The Kier molecular flexibility index (Phi) is 7.46. The largest absolute Gasteiger partial charge is 0.452 e. The minimum Gasteiger partial charge on any atom is -0.452 e. The molecule has 0 unspecified atom stereocenters. The van der Waals surface area contributed by atoms with Crippen molar-refractivity contribution in [3.63, 3.8) is 0 Å². The minimum absolute atomic E-state index is 0.657. The second-order valence-electron chi connectivity index (χ2n) is 14.1. The number of rotatable bonds is 6. The molecule has 0 fully saturated rings. The lowest BCUT2D eigenvalue weighted by Gasteiger charge is -2.13. The van der Waals surface area contributed by atoms with Gasteiger partial charge in [-0.25, -0.2) is 9.97 Å². The average molecular weight is 716 g/mol. The van der Waals surface area contributed by atoms with E-state index in [1.54, 1.807) is 0 Å². The van der Waals surface area contributed by atoms with Gasteiger partial charge in [0.2, 0.25) is 0 Å². The highest BCUT2D eigenvalue weighted by Gasteiger charge is 2.22. The van der Waals surface area contributed by atoms with Crippen LogP contribution in [0.5, 0.6) is 0 Å². The summed E-state index contributed by atoms with van der Waals surface area (Å²) < 4.78 is 9.18. The first-order valence-electron chi connectivity index (χ1n) is 18.9. The van der Waals surface area contributed by atoms with Gasteiger partial charge in [-0.2, -0.15) is 0 Å². The second kappa shape index (κ2) is 13.1. The van der Waals surface area contributed by atoms with Crippen molar-refractivity contribution in [2.24, 2.45) is 0 Å². The zero-order valence-electron chi connectivity index (χ0n) is 30.3. The molecular formula is C52H33N3O. The molecule has 56 heavy (non-hydrogen) atoms. The third-order valence-corrected chi connectivity index (χ3v) is 10.8. The zero-order chi connectivity index (χ0) is 37.0. The molecule has 0 aliphatic carbocycles. The summed E-state index contributed by atoms with van der Waals surface area (Å²) in [4.78, 5) is 10.5. The monoisotopic (exact) mass is 715 g/mol. The van der Waals surface area contributed by atoms with Crippen molar-refractivity contribution >= 4 is 43.9 Å². The Labute approximate surface area is 323 Å². The van der Waals surface area contributed by atoms with Crippen LogP contribution in [0.4, 0.5) is 0 Å². The van der Waals surface area contributed by atoms with Crippen LogP contribution in [0.3, 0.4) is 0 Å². The SMILES string of the molecule is c1ccc(-c2cccc(-c3nc(-c4ccccc4)nc4c3oc3cccc(-c5cccc(-c6cccc7c8ccccc8n(-c8ccccc8)c67)c5)c34)c2)cc1. The van der Waals surface area contributed by atoms with E-state index >= 15 is 0 Å². The van der Waals surface area contributed by atoms with Gasteiger partial charge in [-0.1, -0.05) is 164 Å². The van der Waals surface area contributed by atoms with Crippen molar-refractivity contribution in [2.45, 2.75) is 0 Å². The molecular weight excluding hydrogens is 683 g/mol. The molecule has 262 valence electrons. The van der Waals surface area contributed by atoms with E-state index in [0.717, 1.165) is 66.8 Å². The summed E-state index contributed by atoms with van der Waals surface area (Å²) in [6.07, 6.45) is 0. The fourth-order valence-electron chi connectivity index (χ4n) is 8.27. The van der Waals surface area contributed by atoms with Gasteiger partial charge in [-0.05, 0) is 64.2 Å². The summed E-state index contributed by atoms with van der Waals surface area (Å²) in [6.45, 7) is 0. The molecule has 3 aromatic heterocycles. The topological polar surface area (TPSA) is 43.9 Å². The third kappa shape index (κ3) is 5.23. The quantitative estimate of drug-likeness (QED) is 0.172. The Morgan fingerprint density at radius 3 is 1.79 bits per heavy atom. The Morgan fingerprint density at radius 2 is 0.982 bits per heavy atom. The van der Waals surface area contributed by atoms with E-state index < -0.39 is 0 Å². The van der Waals surface area contributed by atoms with Crippen LogP contribution in [-0.4, -0.2) is 14.5 Å². The summed E-state index contributed by atoms with van der Waals surface area (Å²) in [5, 5.41) is 3.43. The third-order valence-electron chi connectivity index (χ3n) is 10.8. The van der Waals surface area contributed by atoms with Crippen LogP contribution in [-0.2, 0) is 0 Å². The number of hydrogen-bond acceptors (Lipinski definition) is 3. The summed E-state index contributed by atoms with van der Waals surface area (Å²) >= 11 is 0. The molecule has 0 saturated heterocycles. The lowest BCUT2D eigenvalue weighted by atomic mass is 9.95. The number of hydrogen-bond donors (Lipinski definition) is 0. The smallest absolute Gasteiger partial charge is 0.180 e. The molecule has 0 N–H and O–H groups in total. The van der Waals surface area contributed by atoms with Crippen molar-refractivity contribution in [2.75, 3.05) is 0 Å². The van der Waals surface area contributed by atoms with E-state index in [1.807, 2.05) is 30.3 Å². The average Bonchev–Trinajstić information content (AvgIpc) is 3.83. The van der Waals surface area contributed by atoms with Gasteiger partial charge in [-0.15, -0.1) is 0 Å². The van der Waals surface area contributed by atoms with Crippen molar-refractivity contribution in [1.82, 2.24) is 14.5 Å². The van der Waals surface area contributed by atoms with Crippen LogP contribution in [0.2, 0.25) is 0 Å². The standard InChI is InChI=1S/C52H33N3O/c1-4-16-34(17-5-1)36-20-12-23-39(32-36)48-51-49(54-52(53-48)35-18-6-2-7-19-35)47-41(27-15-31-46(47)56-51)37-21-13-22-38(33-37)42-28-14-29-44-43-26-10-11-30-45(43)55(50(42)44)40-24-8-3-9-25-40/h1-33H. The molecule has 3 heterocycles. The summed E-state index contributed by atoms with van der Waals surface area (Å²) in [6, 6.07) is 70.3. The van der Waals surface area contributed by atoms with Crippen molar-refractivity contribution < 1.29 is 4.42 Å². The van der Waals surface area contributed by atoms with Gasteiger partial charge in [-0.3, -0.25) is 0 Å². The van der Waals surface area contributed by atoms with Crippen LogP contribution in [0.1, 0.15) is 0 Å². The first kappa shape index (κ1) is 31.9. The van der Waals surface area contributed by atoms with E-state index in [4.69, 9.17) is 14.4 Å². The molecule has 0 aliphatic heterocycles. The van der Waals surface area contributed by atoms with Crippen LogP contribution >= 0.6 is 0 Å². The lowest BCUT2D eigenvalue weighted by Crippen LogP contribution is -1.95. The number of furan rings is 1. The highest BCUT2D eigenvalue weighted by Crippen LogP contribution is 2.43. The van der Waals surface area contributed by atoms with E-state index in [0.29, 0.717) is 11.4 Å². The Morgan fingerprint density at radius 1 is 0.411 bits per heavy atom. The number of fused-ring (bicyclic) bond motifs is 6. The Hall–Kier alpha value is -7.56. The van der Waals surface area contributed by atoms with Gasteiger partial charge in [0, 0.05) is 33.2 Å². The van der Waals surface area contributed by atoms with E-state index in [-0.39, 0.29) is 0 Å². The fourth-order valence-corrected chi connectivity index (χ4v) is 8.27. The van der Waals surface area contributed by atoms with E-state index in [9.17, 15) is 0 Å². The predicted molar refractivity (Wildman–Crippen MR) is 231 cm³/mol. The van der Waals surface area contributed by atoms with Gasteiger partial charge in [0.05, 0.1) is 16.4 Å². The van der Waals surface area contributed by atoms with Gasteiger partial charge in [0.25, 0.3) is 0 Å². The molecule has 0 saturated carbocycles. The molecule has 8 aromatic carbocycles. The molecule has 0 amide bonds. The number of benzene rings is 8. The summed E-state index contributed by atoms with van der Waals surface area (Å²) in [7, 11) is 0. The van der Waals surface area contributed by atoms with Crippen LogP contribution in [0, 0.1) is 0 Å². The highest BCUT2D eigenvalue weighted by molar-refractivity contribution is 6.15. The molecule has 4 nitrogen and oxygen atoms in total. The van der Waals surface area contributed by atoms with Gasteiger partial charge in [0.15, 0.2) is 11.4 Å². The highest BCUT2D eigenvalue weighted by atomic mass is 16.3. The van der Waals surface area contributed by atoms with E-state index in [1.165, 1.54) is 27.4 Å². The molecule has 11 rings (SSSR count). The zero-order valence-corrected chi connectivity index (χ0v) is 30.3. The fraction of sp³-hybridized carbons (Fsp3) is 0. The number of nitrogens with zero attached hydrogens (tertiary/aromatic N) is 3. The van der Waals surface area contributed by atoms with E-state index in [2.05, 4.69) is 174 Å². The van der Waals surface area contributed by atoms with Crippen LogP contribution in [0.25, 0.3) is 106 Å². The number of para-hydroxylation sites is 3. The van der Waals surface area contributed by atoms with Crippen molar-refractivity contribution in [3.05, 3.63) is 200 Å². The molecule has 11 aromatic rings. The van der Waals surface area contributed by atoms with Crippen molar-refractivity contribution in [1.29, 1.82) is 0 Å².